The predicted octanol–water partition coefficient (Wildman–Crippen LogP) is 1.79. The van der Waals surface area contributed by atoms with Crippen LogP contribution in [0, 0.1) is 0 Å². The molecule has 3 heterocycles. The zero-order valence-corrected chi connectivity index (χ0v) is 11.6. The third-order valence-electron chi connectivity index (χ3n) is 3.65. The molecule has 5 heteroatoms. The summed E-state index contributed by atoms with van der Waals surface area (Å²) >= 11 is 0. The molecule has 5 atom stereocenters. The van der Waals surface area contributed by atoms with Gasteiger partial charge in [0.2, 0.25) is 0 Å². The Morgan fingerprint density at radius 2 is 1.33 bits per heavy atom. The second-order valence-corrected chi connectivity index (χ2v) is 6.12. The second-order valence-electron chi connectivity index (χ2n) is 6.12. The third-order valence-corrected chi connectivity index (χ3v) is 3.65. The van der Waals surface area contributed by atoms with E-state index in [0.717, 1.165) is 6.42 Å². The lowest BCUT2D eigenvalue weighted by atomic mass is 9.97. The molecule has 18 heavy (non-hydrogen) atoms. The molecule has 0 radical (unpaired) electrons. The Morgan fingerprint density at radius 3 is 2.00 bits per heavy atom. The lowest BCUT2D eigenvalue weighted by molar-refractivity contribution is -0.234. The highest BCUT2D eigenvalue weighted by Crippen LogP contribution is 2.44. The summed E-state index contributed by atoms with van der Waals surface area (Å²) < 4.78 is 29.6. The fourth-order valence-electron chi connectivity index (χ4n) is 3.02. The first-order chi connectivity index (χ1) is 8.31. The molecule has 5 nitrogen and oxygen atoms in total. The molecule has 3 aliphatic rings. The summed E-state index contributed by atoms with van der Waals surface area (Å²) in [5.74, 6) is -1.21. The Labute approximate surface area is 108 Å². The molecule has 0 aliphatic carbocycles. The average Bonchev–Trinajstić information content (AvgIpc) is 2.71. The predicted molar refractivity (Wildman–Crippen MR) is 62.8 cm³/mol. The van der Waals surface area contributed by atoms with E-state index in [2.05, 4.69) is 6.92 Å². The number of hydrogen-bond donors (Lipinski definition) is 0. The van der Waals surface area contributed by atoms with Crippen molar-refractivity contribution in [2.75, 3.05) is 0 Å². The summed E-state index contributed by atoms with van der Waals surface area (Å²) in [7, 11) is 0. The van der Waals surface area contributed by atoms with Crippen LogP contribution in [0.4, 0.5) is 0 Å². The highest BCUT2D eigenvalue weighted by molar-refractivity contribution is 4.99. The fraction of sp³-hybridized carbons (Fsp3) is 1.00. The Morgan fingerprint density at radius 1 is 0.778 bits per heavy atom. The smallest absolute Gasteiger partial charge is 0.190 e. The second kappa shape index (κ2) is 3.90. The molecular weight excluding hydrogens is 236 g/mol. The molecule has 0 saturated carbocycles. The molecule has 2 unspecified atom stereocenters. The van der Waals surface area contributed by atoms with Crippen molar-refractivity contribution in [3.05, 3.63) is 0 Å². The summed E-state index contributed by atoms with van der Waals surface area (Å²) in [5, 5.41) is 0. The number of ether oxygens (including phenoxy) is 5. The first-order valence-electron chi connectivity index (χ1n) is 6.68. The van der Waals surface area contributed by atoms with Gasteiger partial charge in [-0.05, 0) is 34.1 Å². The monoisotopic (exact) mass is 258 g/mol. The van der Waals surface area contributed by atoms with E-state index in [0.29, 0.717) is 0 Å². The van der Waals surface area contributed by atoms with Crippen molar-refractivity contribution < 1.29 is 23.7 Å². The first-order valence-corrected chi connectivity index (χ1v) is 6.68. The van der Waals surface area contributed by atoms with Gasteiger partial charge >= 0.3 is 0 Å². The normalized spacial score (nSPS) is 48.8. The van der Waals surface area contributed by atoms with Crippen LogP contribution >= 0.6 is 0 Å². The van der Waals surface area contributed by atoms with Gasteiger partial charge in [-0.25, -0.2) is 0 Å². The van der Waals surface area contributed by atoms with Gasteiger partial charge in [-0.3, -0.25) is 0 Å². The number of rotatable bonds is 1. The molecule has 0 N–H and O–H groups in total. The number of hydrogen-bond acceptors (Lipinski definition) is 5. The van der Waals surface area contributed by atoms with Crippen molar-refractivity contribution >= 4 is 0 Å². The molecule has 0 aromatic heterocycles. The topological polar surface area (TPSA) is 46.2 Å². The van der Waals surface area contributed by atoms with Gasteiger partial charge in [-0.15, -0.1) is 0 Å². The van der Waals surface area contributed by atoms with E-state index in [4.69, 9.17) is 23.7 Å². The van der Waals surface area contributed by atoms with Crippen LogP contribution < -0.4 is 0 Å². The highest BCUT2D eigenvalue weighted by atomic mass is 16.9. The molecule has 104 valence electrons. The lowest BCUT2D eigenvalue weighted by Gasteiger charge is -2.36. The maximum Gasteiger partial charge on any atom is 0.190 e. The minimum absolute atomic E-state index is 0.00414. The molecule has 0 aromatic carbocycles. The molecule has 0 aromatic rings. The maximum absolute atomic E-state index is 5.98. The lowest BCUT2D eigenvalue weighted by Crippen LogP contribution is -2.54. The zero-order valence-electron chi connectivity index (χ0n) is 11.6. The summed E-state index contributed by atoms with van der Waals surface area (Å²) in [6, 6.07) is 0. The Kier molecular flexibility index (Phi) is 2.78. The van der Waals surface area contributed by atoms with Gasteiger partial charge in [0.25, 0.3) is 0 Å². The van der Waals surface area contributed by atoms with E-state index >= 15 is 0 Å². The average molecular weight is 258 g/mol. The fourth-order valence-corrected chi connectivity index (χ4v) is 3.02. The van der Waals surface area contributed by atoms with E-state index in [1.54, 1.807) is 0 Å². The van der Waals surface area contributed by atoms with Gasteiger partial charge in [0, 0.05) is 0 Å². The Bertz CT molecular complexity index is 340. The van der Waals surface area contributed by atoms with Crippen LogP contribution in [0.2, 0.25) is 0 Å². The van der Waals surface area contributed by atoms with E-state index < -0.39 is 11.6 Å². The molecular formula is C13H22O5. The summed E-state index contributed by atoms with van der Waals surface area (Å²) in [4.78, 5) is 0. The molecule has 0 bridgehead atoms. The maximum atomic E-state index is 5.98. The largest absolute Gasteiger partial charge is 0.344 e. The number of fused-ring (bicyclic) bond motifs is 3. The van der Waals surface area contributed by atoms with Crippen LogP contribution in [0.3, 0.4) is 0 Å². The van der Waals surface area contributed by atoms with E-state index in [-0.39, 0.29) is 30.7 Å². The quantitative estimate of drug-likeness (QED) is 0.717. The molecule has 3 fully saturated rings. The summed E-state index contributed by atoms with van der Waals surface area (Å²) in [5.41, 5.74) is 0. The van der Waals surface area contributed by atoms with Gasteiger partial charge in [0.1, 0.15) is 18.3 Å². The third kappa shape index (κ3) is 1.98. The van der Waals surface area contributed by atoms with Gasteiger partial charge in [-0.2, -0.15) is 0 Å². The van der Waals surface area contributed by atoms with Crippen LogP contribution in [0.5, 0.6) is 0 Å². The molecule has 0 amide bonds. The zero-order chi connectivity index (χ0) is 13.1. The van der Waals surface area contributed by atoms with Gasteiger partial charge in [-0.1, -0.05) is 6.92 Å². The van der Waals surface area contributed by atoms with E-state index in [1.165, 1.54) is 0 Å². The van der Waals surface area contributed by atoms with Crippen molar-refractivity contribution in [2.24, 2.45) is 0 Å². The van der Waals surface area contributed by atoms with Gasteiger partial charge in [0.15, 0.2) is 17.9 Å². The van der Waals surface area contributed by atoms with Gasteiger partial charge < -0.3 is 23.7 Å². The Balaban J connectivity index is 1.86. The summed E-state index contributed by atoms with van der Waals surface area (Å²) in [6.07, 6.45) is 0.0937. The standard InChI is InChI=1S/C13H22O5/c1-6-7-8-9(16-12(2,3)15-8)10-11(14-7)18-13(4,5)17-10/h7-11H,6H2,1-5H3/t7?,8-,9-,10?,11+/m0/s1. The minimum Gasteiger partial charge on any atom is -0.344 e. The van der Waals surface area contributed by atoms with Crippen molar-refractivity contribution in [3.63, 3.8) is 0 Å². The minimum atomic E-state index is -0.626. The molecule has 3 rings (SSSR count). The van der Waals surface area contributed by atoms with E-state index in [9.17, 15) is 0 Å². The van der Waals surface area contributed by atoms with Crippen LogP contribution in [0.25, 0.3) is 0 Å². The molecule has 3 aliphatic heterocycles. The van der Waals surface area contributed by atoms with E-state index in [1.807, 2.05) is 27.7 Å². The van der Waals surface area contributed by atoms with Crippen LogP contribution in [-0.4, -0.2) is 42.3 Å². The van der Waals surface area contributed by atoms with Crippen LogP contribution in [0.1, 0.15) is 41.0 Å². The van der Waals surface area contributed by atoms with Crippen LogP contribution in [-0.2, 0) is 23.7 Å². The van der Waals surface area contributed by atoms with Crippen molar-refractivity contribution in [1.29, 1.82) is 0 Å². The Hall–Kier alpha value is -0.200. The molecule has 3 saturated heterocycles. The molecule has 0 spiro atoms. The van der Waals surface area contributed by atoms with Crippen molar-refractivity contribution in [2.45, 2.75) is 83.3 Å². The summed E-state index contributed by atoms with van der Waals surface area (Å²) in [6.45, 7) is 9.72. The van der Waals surface area contributed by atoms with Gasteiger partial charge in [0.05, 0.1) is 6.10 Å². The van der Waals surface area contributed by atoms with Crippen molar-refractivity contribution in [1.82, 2.24) is 0 Å². The SMILES string of the molecule is CCC1O[C@@H]2OC(C)(C)OC2[C@H]2OC(C)(C)O[C@@H]12. The highest BCUT2D eigenvalue weighted by Gasteiger charge is 2.60. The van der Waals surface area contributed by atoms with Crippen LogP contribution in [0.15, 0.2) is 0 Å². The van der Waals surface area contributed by atoms with Crippen molar-refractivity contribution in [3.8, 4) is 0 Å². The first kappa shape index (κ1) is 12.8.